The molecule has 0 aliphatic carbocycles. The van der Waals surface area contributed by atoms with Gasteiger partial charge in [0.15, 0.2) is 11.5 Å². The summed E-state index contributed by atoms with van der Waals surface area (Å²) >= 11 is 6.12. The number of hydrogen-bond acceptors (Lipinski definition) is 6. The molecule has 0 spiro atoms. The molecule has 0 N–H and O–H groups in total. The fourth-order valence-corrected chi connectivity index (χ4v) is 3.51. The van der Waals surface area contributed by atoms with Crippen molar-refractivity contribution in [1.82, 2.24) is 9.88 Å². The first-order valence-corrected chi connectivity index (χ1v) is 9.96. The number of pyridine rings is 1. The van der Waals surface area contributed by atoms with Gasteiger partial charge in [0.1, 0.15) is 16.9 Å². The highest BCUT2D eigenvalue weighted by Crippen LogP contribution is 2.38. The molecule has 1 aliphatic heterocycles. The maximum Gasteiger partial charge on any atom is 0.246 e. The fraction of sp³-hybridized carbons (Fsp3) is 0.364. The lowest BCUT2D eigenvalue weighted by molar-refractivity contribution is -0.128. The van der Waals surface area contributed by atoms with E-state index in [4.69, 9.17) is 30.5 Å². The van der Waals surface area contributed by atoms with Crippen molar-refractivity contribution in [2.75, 3.05) is 34.4 Å². The summed E-state index contributed by atoms with van der Waals surface area (Å²) in [5, 5.41) is 0.461. The second kappa shape index (κ2) is 10.2. The molecule has 1 saturated heterocycles. The average molecular weight is 433 g/mol. The average Bonchev–Trinajstić information content (AvgIpc) is 2.78. The number of carbonyl (C=O) groups excluding carboxylic acids is 1. The van der Waals surface area contributed by atoms with Crippen LogP contribution in [0.15, 0.2) is 36.7 Å². The van der Waals surface area contributed by atoms with E-state index >= 15 is 0 Å². The Hall–Kier alpha value is -2.93. The molecule has 3 rings (SSSR count). The van der Waals surface area contributed by atoms with Crippen molar-refractivity contribution < 1.29 is 23.7 Å². The number of benzene rings is 1. The molecule has 1 unspecified atom stereocenters. The molecule has 1 fully saturated rings. The zero-order valence-corrected chi connectivity index (χ0v) is 18.0. The molecular formula is C22H25ClN2O5. The molecule has 0 saturated carbocycles. The van der Waals surface area contributed by atoms with Gasteiger partial charge in [-0.3, -0.25) is 9.78 Å². The number of likely N-dealkylation sites (tertiary alicyclic amines) is 1. The second-order valence-corrected chi connectivity index (χ2v) is 7.17. The number of aromatic nitrogens is 1. The van der Waals surface area contributed by atoms with Crippen molar-refractivity contribution >= 4 is 23.6 Å². The van der Waals surface area contributed by atoms with E-state index in [1.807, 2.05) is 0 Å². The zero-order valence-electron chi connectivity index (χ0n) is 17.3. The van der Waals surface area contributed by atoms with Crippen LogP contribution in [0.5, 0.6) is 23.0 Å². The van der Waals surface area contributed by atoms with E-state index in [1.165, 1.54) is 0 Å². The molecular weight excluding hydrogens is 408 g/mol. The van der Waals surface area contributed by atoms with Gasteiger partial charge in [-0.05, 0) is 36.6 Å². The Bertz CT molecular complexity index is 893. The number of halogens is 1. The van der Waals surface area contributed by atoms with Crippen molar-refractivity contribution in [3.05, 3.63) is 47.3 Å². The summed E-state index contributed by atoms with van der Waals surface area (Å²) in [6.45, 7) is 1.18. The van der Waals surface area contributed by atoms with Crippen LogP contribution < -0.4 is 18.9 Å². The Kier molecular flexibility index (Phi) is 7.41. The summed E-state index contributed by atoms with van der Waals surface area (Å²) in [6.07, 6.45) is 8.06. The van der Waals surface area contributed by atoms with Crippen LogP contribution in [0.2, 0.25) is 5.02 Å². The topological polar surface area (TPSA) is 70.1 Å². The van der Waals surface area contributed by atoms with Crippen molar-refractivity contribution in [3.8, 4) is 23.0 Å². The third kappa shape index (κ3) is 5.16. The number of hydrogen-bond donors (Lipinski definition) is 0. The van der Waals surface area contributed by atoms with Gasteiger partial charge in [0.05, 0.1) is 27.9 Å². The molecule has 1 aliphatic rings. The lowest BCUT2D eigenvalue weighted by Gasteiger charge is -2.32. The largest absolute Gasteiger partial charge is 0.493 e. The Labute approximate surface area is 181 Å². The normalized spacial score (nSPS) is 16.4. The quantitative estimate of drug-likeness (QED) is 0.619. The SMILES string of the molecule is COc1cc(/C=C/C(=O)N2CCCC(Oc3ccncc3Cl)C2)cc(OC)c1OC. The van der Waals surface area contributed by atoms with Crippen molar-refractivity contribution in [2.24, 2.45) is 0 Å². The lowest BCUT2D eigenvalue weighted by Crippen LogP contribution is -2.43. The molecule has 2 heterocycles. The minimum Gasteiger partial charge on any atom is -0.493 e. The first-order chi connectivity index (χ1) is 14.5. The molecule has 0 radical (unpaired) electrons. The Morgan fingerprint density at radius 1 is 1.17 bits per heavy atom. The molecule has 0 bridgehead atoms. The minimum absolute atomic E-state index is 0.0853. The Morgan fingerprint density at radius 3 is 2.53 bits per heavy atom. The van der Waals surface area contributed by atoms with Crippen LogP contribution >= 0.6 is 11.6 Å². The molecule has 8 heteroatoms. The standard InChI is InChI=1S/C22H25ClN2O5/c1-27-19-11-15(12-20(28-2)22(19)29-3)6-7-21(26)25-10-4-5-16(14-25)30-18-8-9-24-13-17(18)23/h6-9,11-13,16H,4-5,10,14H2,1-3H3/b7-6+. The van der Waals surface area contributed by atoms with Gasteiger partial charge < -0.3 is 23.8 Å². The second-order valence-electron chi connectivity index (χ2n) is 6.76. The highest BCUT2D eigenvalue weighted by Gasteiger charge is 2.24. The van der Waals surface area contributed by atoms with Crippen molar-refractivity contribution in [2.45, 2.75) is 18.9 Å². The predicted molar refractivity (Wildman–Crippen MR) is 115 cm³/mol. The molecule has 1 aromatic carbocycles. The molecule has 1 atom stereocenters. The van der Waals surface area contributed by atoms with Crippen LogP contribution in [0, 0.1) is 0 Å². The maximum absolute atomic E-state index is 12.7. The highest BCUT2D eigenvalue weighted by atomic mass is 35.5. The fourth-order valence-electron chi connectivity index (χ4n) is 3.34. The van der Waals surface area contributed by atoms with E-state index in [1.54, 1.807) is 69.0 Å². The maximum atomic E-state index is 12.7. The molecule has 160 valence electrons. The first kappa shape index (κ1) is 21.8. The molecule has 1 amide bonds. The lowest BCUT2D eigenvalue weighted by atomic mass is 10.1. The highest BCUT2D eigenvalue weighted by molar-refractivity contribution is 6.31. The third-order valence-corrected chi connectivity index (χ3v) is 5.11. The van der Waals surface area contributed by atoms with Crippen LogP contribution in [0.3, 0.4) is 0 Å². The smallest absolute Gasteiger partial charge is 0.246 e. The van der Waals surface area contributed by atoms with Gasteiger partial charge in [-0.15, -0.1) is 0 Å². The van der Waals surface area contributed by atoms with Gasteiger partial charge in [-0.25, -0.2) is 0 Å². The summed E-state index contributed by atoms with van der Waals surface area (Å²) in [5.41, 5.74) is 0.770. The van der Waals surface area contributed by atoms with Gasteiger partial charge in [-0.1, -0.05) is 11.6 Å². The third-order valence-electron chi connectivity index (χ3n) is 4.82. The first-order valence-electron chi connectivity index (χ1n) is 9.59. The minimum atomic E-state index is -0.114. The van der Waals surface area contributed by atoms with E-state index in [2.05, 4.69) is 4.98 Å². The molecule has 1 aromatic heterocycles. The number of rotatable bonds is 7. The van der Waals surface area contributed by atoms with E-state index in [9.17, 15) is 4.79 Å². The number of amides is 1. The van der Waals surface area contributed by atoms with E-state index in [-0.39, 0.29) is 12.0 Å². The van der Waals surface area contributed by atoms with Crippen molar-refractivity contribution in [1.29, 1.82) is 0 Å². The number of methoxy groups -OCH3 is 3. The zero-order chi connectivity index (χ0) is 21.5. The van der Waals surface area contributed by atoms with E-state index < -0.39 is 0 Å². The number of piperidine rings is 1. The van der Waals surface area contributed by atoms with E-state index in [0.29, 0.717) is 41.1 Å². The predicted octanol–water partition coefficient (Wildman–Crippen LogP) is 3.84. The Morgan fingerprint density at radius 2 is 1.90 bits per heavy atom. The number of ether oxygens (including phenoxy) is 4. The monoisotopic (exact) mass is 432 g/mol. The van der Waals surface area contributed by atoms with Crippen molar-refractivity contribution in [3.63, 3.8) is 0 Å². The van der Waals surface area contributed by atoms with Gasteiger partial charge in [0.2, 0.25) is 11.7 Å². The summed E-state index contributed by atoms with van der Waals surface area (Å²) in [6, 6.07) is 5.31. The Balaban J connectivity index is 1.68. The van der Waals surface area contributed by atoms with Gasteiger partial charge in [0.25, 0.3) is 0 Å². The summed E-state index contributed by atoms with van der Waals surface area (Å²) in [5.74, 6) is 2.07. The van der Waals surface area contributed by atoms with Crippen LogP contribution in [0.25, 0.3) is 6.08 Å². The summed E-state index contributed by atoms with van der Waals surface area (Å²) in [4.78, 5) is 18.5. The summed E-state index contributed by atoms with van der Waals surface area (Å²) in [7, 11) is 4.66. The number of carbonyl (C=O) groups is 1. The number of nitrogens with zero attached hydrogens (tertiary/aromatic N) is 2. The molecule has 7 nitrogen and oxygen atoms in total. The van der Waals surface area contributed by atoms with Gasteiger partial charge in [-0.2, -0.15) is 0 Å². The van der Waals surface area contributed by atoms with Crippen LogP contribution in [-0.2, 0) is 4.79 Å². The van der Waals surface area contributed by atoms with Crippen LogP contribution in [0.1, 0.15) is 18.4 Å². The molecule has 2 aromatic rings. The van der Waals surface area contributed by atoms with Crippen LogP contribution in [0.4, 0.5) is 0 Å². The summed E-state index contributed by atoms with van der Waals surface area (Å²) < 4.78 is 22.0. The molecule has 30 heavy (non-hydrogen) atoms. The van der Waals surface area contributed by atoms with Gasteiger partial charge in [0, 0.05) is 31.1 Å². The van der Waals surface area contributed by atoms with Gasteiger partial charge >= 0.3 is 0 Å². The van der Waals surface area contributed by atoms with E-state index in [0.717, 1.165) is 18.4 Å². The van der Waals surface area contributed by atoms with Crippen LogP contribution in [-0.4, -0.2) is 56.3 Å².